The van der Waals surface area contributed by atoms with Crippen molar-refractivity contribution >= 4 is 40.4 Å². The standard InChI is InChI=1S/C27H31ClN6O2/c1-19-17-20(11-12-29-19)26(36)31-27-30-23-9-4-8-22(28)25(23)34(27)21-7-2-3-16-33(18-21)24(35)10-5-13-32-14-6-15-32/h4-5,8-12,17,21H,2-3,6-7,13-16,18H2,1H3,(H,30,31,36)/b10-5+/t21-/m1/s1. The van der Waals surface area contributed by atoms with Crippen molar-refractivity contribution in [2.75, 3.05) is 38.0 Å². The first kappa shape index (κ1) is 24.5. The van der Waals surface area contributed by atoms with Crippen molar-refractivity contribution in [3.05, 3.63) is 65.0 Å². The number of pyridine rings is 1. The van der Waals surface area contributed by atoms with E-state index in [4.69, 9.17) is 16.6 Å². The van der Waals surface area contributed by atoms with Crippen molar-refractivity contribution in [3.8, 4) is 0 Å². The Balaban J connectivity index is 1.43. The number of carbonyl (C=O) groups excluding carboxylic acids is 2. The third kappa shape index (κ3) is 5.29. The summed E-state index contributed by atoms with van der Waals surface area (Å²) in [4.78, 5) is 39.3. The summed E-state index contributed by atoms with van der Waals surface area (Å²) in [7, 11) is 0. The maximum atomic E-state index is 13.1. The number of hydrogen-bond acceptors (Lipinski definition) is 5. The number of imidazole rings is 1. The Morgan fingerprint density at radius 2 is 2.03 bits per heavy atom. The van der Waals surface area contributed by atoms with Gasteiger partial charge in [0.2, 0.25) is 11.9 Å². The molecule has 36 heavy (non-hydrogen) atoms. The normalized spacial score (nSPS) is 18.8. The average Bonchev–Trinajstić information content (AvgIpc) is 3.02. The summed E-state index contributed by atoms with van der Waals surface area (Å²) in [6.07, 6.45) is 9.27. The maximum absolute atomic E-state index is 13.1. The first-order valence-electron chi connectivity index (χ1n) is 12.6. The third-order valence-corrected chi connectivity index (χ3v) is 7.25. The molecule has 0 saturated carbocycles. The molecule has 188 valence electrons. The number of anilines is 1. The third-order valence-electron chi connectivity index (χ3n) is 6.94. The quantitative estimate of drug-likeness (QED) is 0.499. The predicted molar refractivity (Wildman–Crippen MR) is 141 cm³/mol. The van der Waals surface area contributed by atoms with E-state index in [0.29, 0.717) is 35.1 Å². The molecule has 8 nitrogen and oxygen atoms in total. The Kier molecular flexibility index (Phi) is 7.34. The van der Waals surface area contributed by atoms with Crippen molar-refractivity contribution in [3.63, 3.8) is 0 Å². The number of halogens is 1. The van der Waals surface area contributed by atoms with Crippen LogP contribution in [0.2, 0.25) is 5.02 Å². The van der Waals surface area contributed by atoms with Crippen LogP contribution in [0, 0.1) is 6.92 Å². The van der Waals surface area contributed by atoms with Crippen LogP contribution >= 0.6 is 11.6 Å². The highest BCUT2D eigenvalue weighted by molar-refractivity contribution is 6.35. The smallest absolute Gasteiger partial charge is 0.258 e. The van der Waals surface area contributed by atoms with Crippen LogP contribution in [0.1, 0.15) is 47.8 Å². The van der Waals surface area contributed by atoms with Gasteiger partial charge in [0.15, 0.2) is 0 Å². The van der Waals surface area contributed by atoms with Gasteiger partial charge in [-0.15, -0.1) is 0 Å². The molecule has 9 heteroatoms. The molecule has 0 unspecified atom stereocenters. The zero-order chi connectivity index (χ0) is 25.1. The summed E-state index contributed by atoms with van der Waals surface area (Å²) in [6.45, 7) is 6.11. The molecule has 2 aromatic heterocycles. The molecule has 0 spiro atoms. The predicted octanol–water partition coefficient (Wildman–Crippen LogP) is 4.46. The average molecular weight is 507 g/mol. The Morgan fingerprint density at radius 3 is 2.81 bits per heavy atom. The molecule has 2 amide bonds. The molecule has 2 aliphatic heterocycles. The summed E-state index contributed by atoms with van der Waals surface area (Å²) >= 11 is 6.65. The van der Waals surface area contributed by atoms with Crippen molar-refractivity contribution < 1.29 is 9.59 Å². The van der Waals surface area contributed by atoms with E-state index in [0.717, 1.165) is 50.1 Å². The number of amides is 2. The molecular weight excluding hydrogens is 476 g/mol. The molecule has 0 radical (unpaired) electrons. The minimum atomic E-state index is -0.260. The van der Waals surface area contributed by atoms with Crippen LogP contribution in [0.15, 0.2) is 48.7 Å². The highest BCUT2D eigenvalue weighted by Crippen LogP contribution is 2.34. The van der Waals surface area contributed by atoms with Crippen molar-refractivity contribution in [2.45, 2.75) is 38.6 Å². The summed E-state index contributed by atoms with van der Waals surface area (Å²) in [5, 5.41) is 3.56. The fourth-order valence-electron chi connectivity index (χ4n) is 4.91. The number of aromatic nitrogens is 3. The van der Waals surface area contributed by atoms with Gasteiger partial charge in [0, 0.05) is 43.2 Å². The van der Waals surface area contributed by atoms with Gasteiger partial charge in [0.25, 0.3) is 5.91 Å². The van der Waals surface area contributed by atoms with Crippen molar-refractivity contribution in [1.29, 1.82) is 0 Å². The minimum absolute atomic E-state index is 0.0239. The van der Waals surface area contributed by atoms with Gasteiger partial charge in [-0.05, 0) is 70.0 Å². The molecule has 2 saturated heterocycles. The van der Waals surface area contributed by atoms with Gasteiger partial charge in [-0.1, -0.05) is 23.7 Å². The van der Waals surface area contributed by atoms with Gasteiger partial charge in [0.1, 0.15) is 0 Å². The number of hydrogen-bond donors (Lipinski definition) is 1. The van der Waals surface area contributed by atoms with E-state index in [-0.39, 0.29) is 17.9 Å². The molecular formula is C27H31ClN6O2. The van der Waals surface area contributed by atoms with Crippen LogP contribution in [-0.2, 0) is 4.79 Å². The number of rotatable bonds is 6. The first-order valence-corrected chi connectivity index (χ1v) is 13.0. The van der Waals surface area contributed by atoms with E-state index in [1.54, 1.807) is 24.4 Å². The van der Waals surface area contributed by atoms with Crippen LogP contribution in [-0.4, -0.2) is 68.9 Å². The Labute approximate surface area is 215 Å². The van der Waals surface area contributed by atoms with Crippen LogP contribution in [0.5, 0.6) is 0 Å². The van der Waals surface area contributed by atoms with Gasteiger partial charge in [-0.25, -0.2) is 4.98 Å². The lowest BCUT2D eigenvalue weighted by molar-refractivity contribution is -0.126. The number of aryl methyl sites for hydroxylation is 1. The molecule has 3 aromatic rings. The van der Waals surface area contributed by atoms with Gasteiger partial charge in [0.05, 0.1) is 22.1 Å². The highest BCUT2D eigenvalue weighted by atomic mass is 35.5. The van der Waals surface area contributed by atoms with Gasteiger partial charge >= 0.3 is 0 Å². The summed E-state index contributed by atoms with van der Waals surface area (Å²) in [5.41, 5.74) is 2.75. The molecule has 1 atom stereocenters. The van der Waals surface area contributed by atoms with Gasteiger partial charge < -0.3 is 9.47 Å². The zero-order valence-electron chi connectivity index (χ0n) is 20.5. The van der Waals surface area contributed by atoms with Crippen LogP contribution in [0.3, 0.4) is 0 Å². The summed E-state index contributed by atoms with van der Waals surface area (Å²) in [6, 6.07) is 8.93. The van der Waals surface area contributed by atoms with E-state index in [1.165, 1.54) is 6.42 Å². The fourth-order valence-corrected chi connectivity index (χ4v) is 5.17. The lowest BCUT2D eigenvalue weighted by Gasteiger charge is -2.29. The van der Waals surface area contributed by atoms with E-state index in [2.05, 4.69) is 15.2 Å². The molecule has 5 rings (SSSR count). The van der Waals surface area contributed by atoms with E-state index in [1.807, 2.05) is 40.7 Å². The topological polar surface area (TPSA) is 83.4 Å². The number of carbonyl (C=O) groups is 2. The molecule has 0 bridgehead atoms. The van der Waals surface area contributed by atoms with E-state index < -0.39 is 0 Å². The number of nitrogens with one attached hydrogen (secondary N) is 1. The fraction of sp³-hybridized carbons (Fsp3) is 0.407. The summed E-state index contributed by atoms with van der Waals surface area (Å²) < 4.78 is 2.01. The van der Waals surface area contributed by atoms with Crippen LogP contribution in [0.25, 0.3) is 11.0 Å². The van der Waals surface area contributed by atoms with Crippen molar-refractivity contribution in [2.24, 2.45) is 0 Å². The molecule has 2 fully saturated rings. The van der Waals surface area contributed by atoms with Gasteiger partial charge in [-0.3, -0.25) is 24.8 Å². The lowest BCUT2D eigenvalue weighted by Crippen LogP contribution is -2.37. The second-order valence-electron chi connectivity index (χ2n) is 9.54. The highest BCUT2D eigenvalue weighted by Gasteiger charge is 2.27. The monoisotopic (exact) mass is 506 g/mol. The Bertz CT molecular complexity index is 1300. The van der Waals surface area contributed by atoms with Crippen LogP contribution < -0.4 is 5.32 Å². The van der Waals surface area contributed by atoms with E-state index in [9.17, 15) is 9.59 Å². The second kappa shape index (κ2) is 10.8. The minimum Gasteiger partial charge on any atom is -0.337 e. The number of benzene rings is 1. The lowest BCUT2D eigenvalue weighted by atomic mass is 10.1. The Hall–Kier alpha value is -3.23. The molecule has 1 N–H and O–H groups in total. The number of likely N-dealkylation sites (tertiary alicyclic amines) is 2. The number of fused-ring (bicyclic) bond motifs is 1. The second-order valence-corrected chi connectivity index (χ2v) is 9.95. The maximum Gasteiger partial charge on any atom is 0.258 e. The molecule has 4 heterocycles. The van der Waals surface area contributed by atoms with E-state index >= 15 is 0 Å². The first-order chi connectivity index (χ1) is 17.5. The zero-order valence-corrected chi connectivity index (χ0v) is 21.2. The molecule has 2 aliphatic rings. The molecule has 0 aliphatic carbocycles. The Morgan fingerprint density at radius 1 is 1.17 bits per heavy atom. The van der Waals surface area contributed by atoms with Gasteiger partial charge in [-0.2, -0.15) is 0 Å². The molecule has 1 aromatic carbocycles. The summed E-state index contributed by atoms with van der Waals surface area (Å²) in [5.74, 6) is 0.199. The number of nitrogens with zero attached hydrogens (tertiary/aromatic N) is 5. The largest absolute Gasteiger partial charge is 0.337 e. The van der Waals surface area contributed by atoms with Crippen molar-refractivity contribution in [1.82, 2.24) is 24.3 Å². The number of para-hydroxylation sites is 1. The SMILES string of the molecule is Cc1cc(C(=O)Nc2nc3cccc(Cl)c3n2[C@@H]2CCCCN(C(=O)/C=C/CN3CCC3)C2)ccn1. The van der Waals surface area contributed by atoms with Crippen LogP contribution in [0.4, 0.5) is 5.95 Å².